The molecule has 2 nitrogen and oxygen atoms in total. The van der Waals surface area contributed by atoms with Gasteiger partial charge in [0.1, 0.15) is 12.4 Å². The number of nitrogens with zero attached hydrogens (tertiary/aromatic N) is 1. The average Bonchev–Trinajstić information content (AvgIpc) is 2.70. The maximum absolute atomic E-state index is 6.63. The van der Waals surface area contributed by atoms with Crippen LogP contribution in [-0.2, 0) is 6.61 Å². The second kappa shape index (κ2) is 7.48. The van der Waals surface area contributed by atoms with Gasteiger partial charge in [0, 0.05) is 10.9 Å². The summed E-state index contributed by atoms with van der Waals surface area (Å²) in [5.74, 6) is 0.768. The van der Waals surface area contributed by atoms with Crippen molar-refractivity contribution in [2.24, 2.45) is 0 Å². The van der Waals surface area contributed by atoms with Crippen molar-refractivity contribution in [1.29, 1.82) is 0 Å². The standard InChI is InChI=1S/C22H15BrClNO/c23-20-21(24)18-13-17(26-14-15-7-3-1-4-8-15)11-12-19(18)25-22(20)16-9-5-2-6-10-16/h1-13H,14H2. The first-order valence-electron chi connectivity index (χ1n) is 8.23. The van der Waals surface area contributed by atoms with E-state index in [0.717, 1.165) is 37.9 Å². The fourth-order valence-electron chi connectivity index (χ4n) is 2.80. The molecule has 128 valence electrons. The minimum Gasteiger partial charge on any atom is -0.489 e. The maximum Gasteiger partial charge on any atom is 0.120 e. The molecule has 1 heterocycles. The molecule has 0 amide bonds. The van der Waals surface area contributed by atoms with Crippen molar-refractivity contribution in [3.05, 3.63) is 93.9 Å². The summed E-state index contributed by atoms with van der Waals surface area (Å²) in [7, 11) is 0. The van der Waals surface area contributed by atoms with Crippen molar-refractivity contribution >= 4 is 38.4 Å². The second-order valence-electron chi connectivity index (χ2n) is 5.91. The van der Waals surface area contributed by atoms with Crippen molar-refractivity contribution in [2.75, 3.05) is 0 Å². The van der Waals surface area contributed by atoms with Gasteiger partial charge < -0.3 is 4.74 Å². The molecule has 4 aromatic rings. The molecule has 0 spiro atoms. The Hall–Kier alpha value is -2.36. The summed E-state index contributed by atoms with van der Waals surface area (Å²) >= 11 is 10.2. The Labute approximate surface area is 165 Å². The van der Waals surface area contributed by atoms with Gasteiger partial charge in [-0.05, 0) is 39.7 Å². The van der Waals surface area contributed by atoms with Crippen LogP contribution in [0.4, 0.5) is 0 Å². The summed E-state index contributed by atoms with van der Waals surface area (Å²) in [5.41, 5.74) is 3.81. The van der Waals surface area contributed by atoms with Crippen molar-refractivity contribution in [3.63, 3.8) is 0 Å². The fraction of sp³-hybridized carbons (Fsp3) is 0.0455. The molecule has 0 unspecified atom stereocenters. The number of ether oxygens (including phenoxy) is 1. The third kappa shape index (κ3) is 3.46. The molecule has 4 heteroatoms. The van der Waals surface area contributed by atoms with Crippen LogP contribution in [0.25, 0.3) is 22.2 Å². The normalized spacial score (nSPS) is 10.8. The summed E-state index contributed by atoms with van der Waals surface area (Å²) in [6.45, 7) is 0.515. The molecule has 3 aromatic carbocycles. The molecule has 1 aromatic heterocycles. The van der Waals surface area contributed by atoms with E-state index in [4.69, 9.17) is 21.3 Å². The van der Waals surface area contributed by atoms with E-state index in [1.54, 1.807) is 0 Å². The molecule has 0 saturated carbocycles. The van der Waals surface area contributed by atoms with E-state index >= 15 is 0 Å². The lowest BCUT2D eigenvalue weighted by atomic mass is 10.1. The summed E-state index contributed by atoms with van der Waals surface area (Å²) in [6, 6.07) is 25.9. The molecule has 0 aliphatic rings. The lowest BCUT2D eigenvalue weighted by molar-refractivity contribution is 0.306. The van der Waals surface area contributed by atoms with Crippen LogP contribution in [0.2, 0.25) is 5.02 Å². The Balaban J connectivity index is 1.69. The average molecular weight is 425 g/mol. The summed E-state index contributed by atoms with van der Waals surface area (Å²) in [6.07, 6.45) is 0. The van der Waals surface area contributed by atoms with Crippen LogP contribution in [0, 0.1) is 0 Å². The highest BCUT2D eigenvalue weighted by atomic mass is 79.9. The molecule has 0 fully saturated rings. The molecule has 0 aliphatic heterocycles. The van der Waals surface area contributed by atoms with Crippen molar-refractivity contribution < 1.29 is 4.74 Å². The lowest BCUT2D eigenvalue weighted by Gasteiger charge is -2.11. The smallest absolute Gasteiger partial charge is 0.120 e. The highest BCUT2D eigenvalue weighted by molar-refractivity contribution is 9.10. The number of fused-ring (bicyclic) bond motifs is 1. The van der Waals surface area contributed by atoms with Gasteiger partial charge in [0.15, 0.2) is 0 Å². The van der Waals surface area contributed by atoms with E-state index in [1.165, 1.54) is 0 Å². The van der Waals surface area contributed by atoms with Crippen LogP contribution in [0.1, 0.15) is 5.56 Å². The summed E-state index contributed by atoms with van der Waals surface area (Å²) in [4.78, 5) is 4.78. The largest absolute Gasteiger partial charge is 0.489 e. The minimum atomic E-state index is 0.515. The van der Waals surface area contributed by atoms with Crippen LogP contribution in [0.5, 0.6) is 5.75 Å². The van der Waals surface area contributed by atoms with Gasteiger partial charge in [-0.2, -0.15) is 0 Å². The zero-order valence-corrected chi connectivity index (χ0v) is 16.2. The number of aromatic nitrogens is 1. The predicted octanol–water partition coefficient (Wildman–Crippen LogP) is 6.90. The number of hydrogen-bond donors (Lipinski definition) is 0. The van der Waals surface area contributed by atoms with Gasteiger partial charge in [-0.15, -0.1) is 0 Å². The molecule has 0 saturated heterocycles. The van der Waals surface area contributed by atoms with Gasteiger partial charge in [0.05, 0.1) is 20.7 Å². The summed E-state index contributed by atoms with van der Waals surface area (Å²) in [5, 5.41) is 1.50. The fourth-order valence-corrected chi connectivity index (χ4v) is 3.57. The van der Waals surface area contributed by atoms with E-state index in [2.05, 4.69) is 15.9 Å². The van der Waals surface area contributed by atoms with Gasteiger partial charge in [-0.3, -0.25) is 0 Å². The highest BCUT2D eigenvalue weighted by Gasteiger charge is 2.14. The summed E-state index contributed by atoms with van der Waals surface area (Å²) < 4.78 is 6.70. The first kappa shape index (κ1) is 17.1. The number of hydrogen-bond acceptors (Lipinski definition) is 2. The molecular weight excluding hydrogens is 410 g/mol. The third-order valence-corrected chi connectivity index (χ3v) is 5.53. The Bertz CT molecular complexity index is 1050. The molecule has 4 rings (SSSR count). The zero-order chi connectivity index (χ0) is 17.9. The van der Waals surface area contributed by atoms with Crippen LogP contribution < -0.4 is 4.74 Å². The Kier molecular flexibility index (Phi) is 4.91. The Morgan fingerprint density at radius 1 is 0.885 bits per heavy atom. The third-order valence-electron chi connectivity index (χ3n) is 4.13. The van der Waals surface area contributed by atoms with Crippen LogP contribution in [-0.4, -0.2) is 4.98 Å². The van der Waals surface area contributed by atoms with Gasteiger partial charge in [0.2, 0.25) is 0 Å². The van der Waals surface area contributed by atoms with Crippen LogP contribution in [0.15, 0.2) is 83.3 Å². The number of rotatable bonds is 4. The quantitative estimate of drug-likeness (QED) is 0.355. The van der Waals surface area contributed by atoms with E-state index in [0.29, 0.717) is 11.6 Å². The Morgan fingerprint density at radius 3 is 2.31 bits per heavy atom. The molecule has 0 radical (unpaired) electrons. The van der Waals surface area contributed by atoms with Gasteiger partial charge in [-0.25, -0.2) is 4.98 Å². The molecule has 0 aliphatic carbocycles. The van der Waals surface area contributed by atoms with E-state index in [1.807, 2.05) is 78.9 Å². The van der Waals surface area contributed by atoms with E-state index in [-0.39, 0.29) is 0 Å². The van der Waals surface area contributed by atoms with Crippen LogP contribution >= 0.6 is 27.5 Å². The lowest BCUT2D eigenvalue weighted by Crippen LogP contribution is -1.96. The first-order valence-corrected chi connectivity index (χ1v) is 9.40. The maximum atomic E-state index is 6.63. The number of halogens is 2. The van der Waals surface area contributed by atoms with E-state index < -0.39 is 0 Å². The van der Waals surface area contributed by atoms with Crippen molar-refractivity contribution in [1.82, 2.24) is 4.98 Å². The van der Waals surface area contributed by atoms with Crippen molar-refractivity contribution in [2.45, 2.75) is 6.61 Å². The molecule has 0 bridgehead atoms. The Morgan fingerprint density at radius 2 is 1.58 bits per heavy atom. The molecule has 0 N–H and O–H groups in total. The molecule has 26 heavy (non-hydrogen) atoms. The first-order chi connectivity index (χ1) is 12.7. The number of benzene rings is 3. The van der Waals surface area contributed by atoms with Crippen LogP contribution in [0.3, 0.4) is 0 Å². The topological polar surface area (TPSA) is 22.1 Å². The van der Waals surface area contributed by atoms with E-state index in [9.17, 15) is 0 Å². The molecule has 0 atom stereocenters. The minimum absolute atomic E-state index is 0.515. The number of pyridine rings is 1. The zero-order valence-electron chi connectivity index (χ0n) is 13.8. The second-order valence-corrected chi connectivity index (χ2v) is 7.08. The monoisotopic (exact) mass is 423 g/mol. The highest BCUT2D eigenvalue weighted by Crippen LogP contribution is 2.38. The van der Waals surface area contributed by atoms with Gasteiger partial charge >= 0.3 is 0 Å². The van der Waals surface area contributed by atoms with Gasteiger partial charge in [0.25, 0.3) is 0 Å². The predicted molar refractivity (Wildman–Crippen MR) is 111 cm³/mol. The van der Waals surface area contributed by atoms with Gasteiger partial charge in [-0.1, -0.05) is 72.3 Å². The molecular formula is C22H15BrClNO. The van der Waals surface area contributed by atoms with Crippen molar-refractivity contribution in [3.8, 4) is 17.0 Å². The SMILES string of the molecule is Clc1c(Br)c(-c2ccccc2)nc2ccc(OCc3ccccc3)cc12.